The van der Waals surface area contributed by atoms with E-state index in [2.05, 4.69) is 31.8 Å². The lowest BCUT2D eigenvalue weighted by Gasteiger charge is -2.61. The molecule has 1 N–H and O–H groups in total. The van der Waals surface area contributed by atoms with Gasteiger partial charge in [-0.15, -0.1) is 0 Å². The van der Waals surface area contributed by atoms with E-state index >= 15 is 0 Å². The van der Waals surface area contributed by atoms with Crippen LogP contribution in [0.25, 0.3) is 0 Å². The Morgan fingerprint density at radius 2 is 2.23 bits per heavy atom. The number of likely N-dealkylation sites (tertiary alicyclic amines) is 1. The molecule has 1 saturated heterocycles. The second kappa shape index (κ2) is 4.86. The van der Waals surface area contributed by atoms with Gasteiger partial charge in [-0.25, -0.2) is 0 Å². The first-order valence-corrected chi connectivity index (χ1v) is 8.87. The summed E-state index contributed by atoms with van der Waals surface area (Å²) in [7, 11) is 2.44. The Hall–Kier alpha value is -1.28. The third-order valence-corrected chi connectivity index (χ3v) is 7.04. The largest absolute Gasteiger partial charge is 0.508 e. The molecule has 1 heterocycles. The van der Waals surface area contributed by atoms with E-state index in [1.54, 1.807) is 0 Å². The third kappa shape index (κ3) is 1.83. The van der Waals surface area contributed by atoms with Gasteiger partial charge in [0.05, 0.1) is 26.2 Å². The molecular weight excluding hydrogens is 270 g/mol. The molecule has 0 amide bonds. The Morgan fingerprint density at radius 3 is 3.05 bits per heavy atom. The van der Waals surface area contributed by atoms with Crippen LogP contribution in [0.2, 0.25) is 0 Å². The minimum atomic E-state index is 0.341. The number of hydrogen-bond acceptors (Lipinski definition) is 1. The van der Waals surface area contributed by atoms with Crippen LogP contribution in [0.5, 0.6) is 5.75 Å². The van der Waals surface area contributed by atoms with E-state index in [1.807, 2.05) is 6.07 Å². The Labute approximate surface area is 134 Å². The number of nitrogens with zero attached hydrogens (tertiary/aromatic N) is 1. The van der Waals surface area contributed by atoms with E-state index in [0.717, 1.165) is 23.0 Å². The third-order valence-electron chi connectivity index (χ3n) is 7.04. The number of phenolic OH excluding ortho intramolecular Hbond substituents is 1. The number of likely N-dealkylation sites (N-methyl/N-ethyl adjacent to an activating group) is 1. The minimum Gasteiger partial charge on any atom is -0.508 e. The summed E-state index contributed by atoms with van der Waals surface area (Å²) in [5, 5.41) is 10.0. The summed E-state index contributed by atoms with van der Waals surface area (Å²) < 4.78 is 1.16. The number of hydrogen-bond donors (Lipinski definition) is 1. The predicted octanol–water partition coefficient (Wildman–Crippen LogP) is 3.78. The molecule has 1 aromatic carbocycles. The lowest BCUT2D eigenvalue weighted by atomic mass is 9.52. The van der Waals surface area contributed by atoms with Gasteiger partial charge in [0, 0.05) is 24.2 Å². The fraction of sp³-hybridized carbons (Fsp3) is 0.600. The highest BCUT2D eigenvalue weighted by Gasteiger charge is 2.58. The number of piperidine rings is 1. The fourth-order valence-corrected chi connectivity index (χ4v) is 5.98. The molecule has 2 heteroatoms. The standard InChI is InChI=1S/C20H27NO/c1-3-11-21(2)12-10-20-9-5-4-6-17(20)19(21)13-15-7-8-16(22)14-18(15)20/h3,7-8,14,17,19H,1,4-6,9-13H2,2H3/p+1/t17-,19-,20-,21-/m1/s1. The van der Waals surface area contributed by atoms with E-state index in [-0.39, 0.29) is 0 Å². The summed E-state index contributed by atoms with van der Waals surface area (Å²) in [5.41, 5.74) is 3.32. The van der Waals surface area contributed by atoms with Crippen molar-refractivity contribution in [2.75, 3.05) is 20.1 Å². The van der Waals surface area contributed by atoms with Crippen LogP contribution in [0.3, 0.4) is 0 Å². The first-order chi connectivity index (χ1) is 10.6. The second-order valence-electron chi connectivity index (χ2n) is 8.05. The van der Waals surface area contributed by atoms with Crippen LogP contribution in [-0.2, 0) is 11.8 Å². The highest BCUT2D eigenvalue weighted by atomic mass is 16.3. The lowest BCUT2D eigenvalue weighted by Crippen LogP contribution is -2.68. The van der Waals surface area contributed by atoms with Crippen molar-refractivity contribution in [2.45, 2.75) is 50.0 Å². The predicted molar refractivity (Wildman–Crippen MR) is 90.0 cm³/mol. The van der Waals surface area contributed by atoms with Gasteiger partial charge < -0.3 is 9.59 Å². The van der Waals surface area contributed by atoms with Gasteiger partial charge in [-0.3, -0.25) is 0 Å². The van der Waals surface area contributed by atoms with E-state index in [0.29, 0.717) is 11.2 Å². The molecule has 118 valence electrons. The summed E-state index contributed by atoms with van der Waals surface area (Å²) >= 11 is 0. The van der Waals surface area contributed by atoms with Gasteiger partial charge >= 0.3 is 0 Å². The molecule has 0 spiro atoms. The first kappa shape index (κ1) is 14.3. The van der Waals surface area contributed by atoms with Gasteiger partial charge in [-0.1, -0.05) is 25.5 Å². The maximum absolute atomic E-state index is 10.0. The van der Waals surface area contributed by atoms with E-state index in [4.69, 9.17) is 0 Å². The van der Waals surface area contributed by atoms with Crippen molar-refractivity contribution in [3.8, 4) is 5.75 Å². The Bertz CT molecular complexity index is 610. The first-order valence-electron chi connectivity index (χ1n) is 8.87. The number of phenols is 1. The Balaban J connectivity index is 1.87. The minimum absolute atomic E-state index is 0.341. The van der Waals surface area contributed by atoms with Crippen LogP contribution < -0.4 is 0 Å². The normalized spacial score (nSPS) is 39.7. The van der Waals surface area contributed by atoms with Gasteiger partial charge in [0.15, 0.2) is 0 Å². The van der Waals surface area contributed by atoms with Crippen LogP contribution in [0, 0.1) is 5.92 Å². The zero-order valence-electron chi connectivity index (χ0n) is 13.7. The maximum Gasteiger partial charge on any atom is 0.115 e. The van der Waals surface area contributed by atoms with Crippen molar-refractivity contribution in [3.63, 3.8) is 0 Å². The van der Waals surface area contributed by atoms with Crippen molar-refractivity contribution in [1.82, 2.24) is 0 Å². The number of fused-ring (bicyclic) bond motifs is 1. The molecule has 4 rings (SSSR count). The van der Waals surface area contributed by atoms with E-state index in [1.165, 1.54) is 56.2 Å². The smallest absolute Gasteiger partial charge is 0.115 e. The quantitative estimate of drug-likeness (QED) is 0.651. The lowest BCUT2D eigenvalue weighted by molar-refractivity contribution is -0.940. The van der Waals surface area contributed by atoms with Gasteiger partial charge in [0.2, 0.25) is 0 Å². The number of benzene rings is 1. The van der Waals surface area contributed by atoms with Crippen molar-refractivity contribution >= 4 is 0 Å². The number of aromatic hydroxyl groups is 1. The Kier molecular flexibility index (Phi) is 3.16. The summed E-state index contributed by atoms with van der Waals surface area (Å²) in [6.45, 7) is 6.36. The number of quaternary nitrogens is 1. The highest BCUT2D eigenvalue weighted by molar-refractivity contribution is 5.44. The molecule has 2 fully saturated rings. The molecule has 1 saturated carbocycles. The molecule has 1 aromatic rings. The van der Waals surface area contributed by atoms with Gasteiger partial charge in [-0.05, 0) is 42.2 Å². The molecule has 3 aliphatic rings. The summed E-state index contributed by atoms with van der Waals surface area (Å²) in [5.74, 6) is 1.24. The van der Waals surface area contributed by atoms with Crippen LogP contribution in [0.15, 0.2) is 30.9 Å². The van der Waals surface area contributed by atoms with Gasteiger partial charge in [0.1, 0.15) is 5.75 Å². The fourth-order valence-electron chi connectivity index (χ4n) is 5.98. The molecule has 2 aliphatic carbocycles. The van der Waals surface area contributed by atoms with Crippen molar-refractivity contribution in [1.29, 1.82) is 0 Å². The molecule has 2 nitrogen and oxygen atoms in total. The summed E-state index contributed by atoms with van der Waals surface area (Å²) in [6.07, 6.45) is 9.97. The second-order valence-corrected chi connectivity index (χ2v) is 8.05. The molecule has 0 aromatic heterocycles. The van der Waals surface area contributed by atoms with Crippen molar-refractivity contribution < 1.29 is 9.59 Å². The van der Waals surface area contributed by atoms with Crippen LogP contribution >= 0.6 is 0 Å². The van der Waals surface area contributed by atoms with Gasteiger partial charge in [-0.2, -0.15) is 0 Å². The van der Waals surface area contributed by atoms with Crippen LogP contribution in [-0.4, -0.2) is 35.8 Å². The number of rotatable bonds is 2. The van der Waals surface area contributed by atoms with Crippen molar-refractivity contribution in [2.24, 2.45) is 5.92 Å². The summed E-state index contributed by atoms with van der Waals surface area (Å²) in [6, 6.07) is 6.89. The molecule has 2 bridgehead atoms. The maximum atomic E-state index is 10.0. The molecular formula is C20H28NO+. The average molecular weight is 298 g/mol. The molecule has 4 atom stereocenters. The van der Waals surface area contributed by atoms with Crippen LogP contribution in [0.4, 0.5) is 0 Å². The van der Waals surface area contributed by atoms with E-state index in [9.17, 15) is 5.11 Å². The molecule has 22 heavy (non-hydrogen) atoms. The van der Waals surface area contributed by atoms with Crippen LogP contribution in [0.1, 0.15) is 43.2 Å². The molecule has 0 unspecified atom stereocenters. The molecule has 1 aliphatic heterocycles. The zero-order chi connectivity index (χ0) is 15.4. The highest BCUT2D eigenvalue weighted by Crippen LogP contribution is 2.57. The summed E-state index contributed by atoms with van der Waals surface area (Å²) in [4.78, 5) is 0. The zero-order valence-corrected chi connectivity index (χ0v) is 13.7. The average Bonchev–Trinajstić information content (AvgIpc) is 2.52. The topological polar surface area (TPSA) is 20.2 Å². The van der Waals surface area contributed by atoms with E-state index < -0.39 is 0 Å². The van der Waals surface area contributed by atoms with Gasteiger partial charge in [0.25, 0.3) is 0 Å². The monoisotopic (exact) mass is 298 g/mol. The molecule has 0 radical (unpaired) electrons. The van der Waals surface area contributed by atoms with Crippen molar-refractivity contribution in [3.05, 3.63) is 42.0 Å². The SMILES string of the molecule is C=CC[N@+]1(C)CC[C@]23CCCC[C@@H]2[C@H]1Cc1ccc(O)cc13. The Morgan fingerprint density at radius 1 is 1.36 bits per heavy atom.